The van der Waals surface area contributed by atoms with Crippen molar-refractivity contribution in [1.29, 1.82) is 0 Å². The second-order valence-electron chi connectivity index (χ2n) is 6.68. The van der Waals surface area contributed by atoms with Gasteiger partial charge < -0.3 is 15.2 Å². The van der Waals surface area contributed by atoms with Gasteiger partial charge in [-0.3, -0.25) is 9.59 Å². The second kappa shape index (κ2) is 5.34. The topological polar surface area (TPSA) is 78.6 Å². The van der Waals surface area contributed by atoms with E-state index in [4.69, 9.17) is 15.2 Å². The summed E-state index contributed by atoms with van der Waals surface area (Å²) >= 11 is 3.60. The number of amides is 1. The average Bonchev–Trinajstić information content (AvgIpc) is 2.75. The molecule has 4 rings (SSSR count). The molecular formula is C18H18BrNO4. The molecule has 1 aromatic carbocycles. The molecule has 6 heteroatoms. The van der Waals surface area contributed by atoms with E-state index in [2.05, 4.69) is 15.9 Å². The lowest BCUT2D eigenvalue weighted by atomic mass is 9.69. The van der Waals surface area contributed by atoms with Gasteiger partial charge in [0.25, 0.3) is 0 Å². The number of ether oxygens (including phenoxy) is 2. The highest BCUT2D eigenvalue weighted by atomic mass is 79.9. The maximum Gasteiger partial charge on any atom is 0.225 e. The van der Waals surface area contributed by atoms with Crippen LogP contribution in [0.2, 0.25) is 0 Å². The Bertz CT molecular complexity index is 788. The Labute approximate surface area is 148 Å². The highest BCUT2D eigenvalue weighted by molar-refractivity contribution is 9.10. The fourth-order valence-electron chi connectivity index (χ4n) is 4.41. The molecule has 126 valence electrons. The molecule has 0 radical (unpaired) electrons. The van der Waals surface area contributed by atoms with Gasteiger partial charge >= 0.3 is 0 Å². The number of hydrogen-bond acceptors (Lipinski definition) is 4. The number of nitrogens with two attached hydrogens (primary N) is 1. The lowest BCUT2D eigenvalue weighted by Crippen LogP contribution is -2.40. The van der Waals surface area contributed by atoms with Crippen molar-refractivity contribution < 1.29 is 19.1 Å². The van der Waals surface area contributed by atoms with Crippen molar-refractivity contribution in [3.8, 4) is 11.5 Å². The highest BCUT2D eigenvalue weighted by Crippen LogP contribution is 2.59. The molecule has 3 atom stereocenters. The van der Waals surface area contributed by atoms with Crippen LogP contribution in [0.4, 0.5) is 0 Å². The quantitative estimate of drug-likeness (QED) is 0.840. The van der Waals surface area contributed by atoms with Crippen LogP contribution >= 0.6 is 15.9 Å². The van der Waals surface area contributed by atoms with E-state index in [1.54, 1.807) is 13.2 Å². The van der Waals surface area contributed by atoms with Crippen LogP contribution in [-0.2, 0) is 15.0 Å². The minimum Gasteiger partial charge on any atom is -0.493 e. The first-order valence-electron chi connectivity index (χ1n) is 8.07. The molecule has 0 saturated carbocycles. The Hall–Kier alpha value is -1.82. The number of carbonyl (C=O) groups excluding carboxylic acids is 2. The summed E-state index contributed by atoms with van der Waals surface area (Å²) < 4.78 is 12.5. The first-order chi connectivity index (χ1) is 11.5. The summed E-state index contributed by atoms with van der Waals surface area (Å²) in [4.78, 5) is 24.0. The molecule has 1 aromatic rings. The minimum absolute atomic E-state index is 0.0636. The standard InChI is InChI=1S/C18H18BrNO4/c1-23-12-8-11(19)14-10(17(20)22)3-2-5-18-6-4-9(21)7-13(18)24-16(12)15(14)18/h4,6,8,10,13H,2-3,5,7H2,1H3,(H2,20,22)/t10-,13+,18-/m1/s1. The van der Waals surface area contributed by atoms with Crippen molar-refractivity contribution in [1.82, 2.24) is 0 Å². The Balaban J connectivity index is 2.05. The van der Waals surface area contributed by atoms with Gasteiger partial charge in [0, 0.05) is 16.5 Å². The molecule has 0 fully saturated rings. The summed E-state index contributed by atoms with van der Waals surface area (Å²) in [5, 5.41) is 0. The number of methoxy groups -OCH3 is 1. The molecule has 0 aromatic heterocycles. The lowest BCUT2D eigenvalue weighted by molar-refractivity contribution is -0.119. The van der Waals surface area contributed by atoms with Crippen LogP contribution in [0.5, 0.6) is 11.5 Å². The molecule has 1 aliphatic heterocycles. The smallest absolute Gasteiger partial charge is 0.225 e. The maximum atomic E-state index is 12.1. The largest absolute Gasteiger partial charge is 0.493 e. The molecule has 3 aliphatic rings. The zero-order valence-corrected chi connectivity index (χ0v) is 14.9. The van der Waals surface area contributed by atoms with E-state index < -0.39 is 0 Å². The van der Waals surface area contributed by atoms with Gasteiger partial charge in [0.2, 0.25) is 5.91 Å². The molecule has 1 heterocycles. The van der Waals surface area contributed by atoms with Crippen LogP contribution in [0.25, 0.3) is 0 Å². The van der Waals surface area contributed by atoms with Crippen LogP contribution in [0.1, 0.15) is 42.7 Å². The monoisotopic (exact) mass is 391 g/mol. The molecule has 2 aliphatic carbocycles. The minimum atomic E-state index is -0.389. The number of allylic oxidation sites excluding steroid dienone is 1. The third-order valence-corrected chi connectivity index (χ3v) is 6.14. The van der Waals surface area contributed by atoms with Crippen molar-refractivity contribution in [2.75, 3.05) is 7.11 Å². The van der Waals surface area contributed by atoms with Gasteiger partial charge in [-0.05, 0) is 30.5 Å². The molecule has 1 spiro atoms. The SMILES string of the molecule is COc1cc(Br)c2c3c1O[C@H]1CC(=O)C=C[C@@]31CCC[C@H]2C(N)=O. The van der Waals surface area contributed by atoms with E-state index in [-0.39, 0.29) is 29.1 Å². The predicted octanol–water partition coefficient (Wildman–Crippen LogP) is 2.74. The van der Waals surface area contributed by atoms with Crippen molar-refractivity contribution in [2.24, 2.45) is 5.73 Å². The molecule has 0 saturated heterocycles. The Morgan fingerprint density at radius 3 is 3.00 bits per heavy atom. The first kappa shape index (κ1) is 15.7. The van der Waals surface area contributed by atoms with Crippen LogP contribution in [0.15, 0.2) is 22.7 Å². The van der Waals surface area contributed by atoms with Gasteiger partial charge in [-0.2, -0.15) is 0 Å². The number of ketones is 1. The number of rotatable bonds is 2. The Kier molecular flexibility index (Phi) is 3.49. The summed E-state index contributed by atoms with van der Waals surface area (Å²) in [5.74, 6) is 0.619. The number of primary amides is 1. The summed E-state index contributed by atoms with van der Waals surface area (Å²) in [6, 6.07) is 1.83. The zero-order valence-electron chi connectivity index (χ0n) is 13.3. The molecule has 0 bridgehead atoms. The third-order valence-electron chi connectivity index (χ3n) is 5.48. The zero-order chi connectivity index (χ0) is 17.1. The van der Waals surface area contributed by atoms with Crippen molar-refractivity contribution >= 4 is 27.6 Å². The number of carbonyl (C=O) groups is 2. The van der Waals surface area contributed by atoms with Crippen LogP contribution in [0, 0.1) is 0 Å². The molecule has 5 nitrogen and oxygen atoms in total. The van der Waals surface area contributed by atoms with Gasteiger partial charge in [-0.25, -0.2) is 0 Å². The third kappa shape index (κ3) is 1.98. The highest BCUT2D eigenvalue weighted by Gasteiger charge is 2.54. The van der Waals surface area contributed by atoms with Gasteiger partial charge in [0.1, 0.15) is 6.10 Å². The predicted molar refractivity (Wildman–Crippen MR) is 91.3 cm³/mol. The molecule has 0 unspecified atom stereocenters. The number of hydrogen-bond donors (Lipinski definition) is 1. The van der Waals surface area contributed by atoms with Gasteiger partial charge in [0.15, 0.2) is 17.3 Å². The summed E-state index contributed by atoms with van der Waals surface area (Å²) in [5.41, 5.74) is 7.15. The van der Waals surface area contributed by atoms with Crippen molar-refractivity contribution in [2.45, 2.75) is 43.1 Å². The van der Waals surface area contributed by atoms with Crippen molar-refractivity contribution in [3.63, 3.8) is 0 Å². The van der Waals surface area contributed by atoms with Crippen LogP contribution < -0.4 is 15.2 Å². The normalized spacial score (nSPS) is 30.2. The van der Waals surface area contributed by atoms with Crippen LogP contribution in [0.3, 0.4) is 0 Å². The molecular weight excluding hydrogens is 374 g/mol. The second-order valence-corrected chi connectivity index (χ2v) is 7.53. The van der Waals surface area contributed by atoms with E-state index in [0.29, 0.717) is 24.3 Å². The van der Waals surface area contributed by atoms with Gasteiger partial charge in [0.05, 0.1) is 18.4 Å². The molecule has 24 heavy (non-hydrogen) atoms. The van der Waals surface area contributed by atoms with E-state index in [1.165, 1.54) is 0 Å². The molecule has 1 amide bonds. The van der Waals surface area contributed by atoms with E-state index >= 15 is 0 Å². The average molecular weight is 392 g/mol. The molecule has 2 N–H and O–H groups in total. The first-order valence-corrected chi connectivity index (χ1v) is 8.86. The summed E-state index contributed by atoms with van der Waals surface area (Å²) in [6.07, 6.45) is 6.07. The Morgan fingerprint density at radius 1 is 1.50 bits per heavy atom. The van der Waals surface area contributed by atoms with Gasteiger partial charge in [-0.15, -0.1) is 0 Å². The van der Waals surface area contributed by atoms with Crippen molar-refractivity contribution in [3.05, 3.63) is 33.8 Å². The summed E-state index contributed by atoms with van der Waals surface area (Å²) in [6.45, 7) is 0. The maximum absolute atomic E-state index is 12.1. The fourth-order valence-corrected chi connectivity index (χ4v) is 5.09. The fraction of sp³-hybridized carbons (Fsp3) is 0.444. The van der Waals surface area contributed by atoms with Gasteiger partial charge in [-0.1, -0.05) is 28.4 Å². The van der Waals surface area contributed by atoms with E-state index in [9.17, 15) is 9.59 Å². The van der Waals surface area contributed by atoms with E-state index in [0.717, 1.165) is 28.4 Å². The number of halogens is 1. The summed E-state index contributed by atoms with van der Waals surface area (Å²) in [7, 11) is 1.59. The van der Waals surface area contributed by atoms with E-state index in [1.807, 2.05) is 12.1 Å². The Morgan fingerprint density at radius 2 is 2.29 bits per heavy atom. The van der Waals surface area contributed by atoms with Crippen LogP contribution in [-0.4, -0.2) is 24.9 Å². The lowest BCUT2D eigenvalue weighted by Gasteiger charge is -2.33. The number of benzene rings is 1.